The van der Waals surface area contributed by atoms with E-state index in [1.165, 1.54) is 11.8 Å². The first kappa shape index (κ1) is 16.3. The number of rotatable bonds is 5. The third-order valence-corrected chi connectivity index (χ3v) is 4.81. The smallest absolute Gasteiger partial charge is 0.216 e. The van der Waals surface area contributed by atoms with E-state index in [-0.39, 0.29) is 17.0 Å². The molecule has 2 aromatic heterocycles. The number of aromatic amines is 1. The van der Waals surface area contributed by atoms with E-state index in [0.717, 1.165) is 22.6 Å². The molecule has 3 aromatic rings. The van der Waals surface area contributed by atoms with Crippen LogP contribution in [0.3, 0.4) is 0 Å². The minimum absolute atomic E-state index is 0.0543. The maximum atomic E-state index is 12.8. The van der Waals surface area contributed by atoms with Crippen LogP contribution in [0.15, 0.2) is 41.6 Å². The van der Waals surface area contributed by atoms with E-state index >= 15 is 0 Å². The number of aromatic nitrogens is 4. The van der Waals surface area contributed by atoms with Crippen LogP contribution in [-0.4, -0.2) is 30.8 Å². The Morgan fingerprint density at radius 1 is 1.29 bits per heavy atom. The molecule has 1 aromatic carbocycles. The molecule has 0 spiro atoms. The number of ketones is 1. The fourth-order valence-electron chi connectivity index (χ4n) is 2.73. The Morgan fingerprint density at radius 3 is 2.62 bits per heavy atom. The number of nitrogens with one attached hydrogen (secondary N) is 1. The highest BCUT2D eigenvalue weighted by Crippen LogP contribution is 2.27. The van der Waals surface area contributed by atoms with E-state index in [1.807, 2.05) is 57.2 Å². The molecule has 0 saturated heterocycles. The second kappa shape index (κ2) is 6.52. The van der Waals surface area contributed by atoms with Crippen molar-refractivity contribution in [3.8, 4) is 5.69 Å². The van der Waals surface area contributed by atoms with Crippen molar-refractivity contribution >= 4 is 23.5 Å². The van der Waals surface area contributed by atoms with Gasteiger partial charge in [0.05, 0.1) is 5.25 Å². The van der Waals surface area contributed by atoms with Gasteiger partial charge in [0.25, 0.3) is 0 Å². The van der Waals surface area contributed by atoms with Gasteiger partial charge in [0.2, 0.25) is 11.1 Å². The topological polar surface area (TPSA) is 89.6 Å². The van der Waals surface area contributed by atoms with Crippen molar-refractivity contribution in [1.82, 2.24) is 19.7 Å². The number of aryl methyl sites for hydroxylation is 1. The molecule has 0 amide bonds. The van der Waals surface area contributed by atoms with Gasteiger partial charge in [-0.3, -0.25) is 4.79 Å². The van der Waals surface area contributed by atoms with Gasteiger partial charge < -0.3 is 10.3 Å². The predicted molar refractivity (Wildman–Crippen MR) is 95.7 cm³/mol. The minimum Gasteiger partial charge on any atom is -0.368 e. The zero-order valence-electron chi connectivity index (χ0n) is 13.8. The summed E-state index contributed by atoms with van der Waals surface area (Å²) in [7, 11) is 0. The first-order valence-corrected chi connectivity index (χ1v) is 8.48. The number of Topliss-reactive ketones (excluding diaryl/α,β-unsaturated/α-hetero) is 1. The Labute approximate surface area is 144 Å². The Hall–Kier alpha value is -2.54. The third-order valence-electron chi connectivity index (χ3n) is 3.84. The summed E-state index contributed by atoms with van der Waals surface area (Å²) in [5.41, 5.74) is 9.26. The highest BCUT2D eigenvalue weighted by atomic mass is 32.2. The van der Waals surface area contributed by atoms with Crippen molar-refractivity contribution in [3.63, 3.8) is 0 Å². The van der Waals surface area contributed by atoms with Gasteiger partial charge in [-0.25, -0.2) is 5.10 Å². The summed E-state index contributed by atoms with van der Waals surface area (Å²) >= 11 is 1.29. The lowest BCUT2D eigenvalue weighted by Crippen LogP contribution is -2.14. The first-order chi connectivity index (χ1) is 11.5. The van der Waals surface area contributed by atoms with Crippen molar-refractivity contribution in [1.29, 1.82) is 0 Å². The van der Waals surface area contributed by atoms with Crippen LogP contribution in [0, 0.1) is 13.8 Å². The lowest BCUT2D eigenvalue weighted by Gasteiger charge is -2.11. The van der Waals surface area contributed by atoms with Crippen LogP contribution in [0.2, 0.25) is 0 Å². The summed E-state index contributed by atoms with van der Waals surface area (Å²) in [6.07, 6.45) is 0. The van der Waals surface area contributed by atoms with Crippen LogP contribution in [0.1, 0.15) is 28.7 Å². The molecule has 6 nitrogen and oxygen atoms in total. The van der Waals surface area contributed by atoms with E-state index in [4.69, 9.17) is 5.73 Å². The largest absolute Gasteiger partial charge is 0.368 e. The Morgan fingerprint density at radius 2 is 2.00 bits per heavy atom. The number of nitrogens with zero attached hydrogens (tertiary/aromatic N) is 3. The summed E-state index contributed by atoms with van der Waals surface area (Å²) in [6.45, 7) is 5.83. The molecule has 0 bridgehead atoms. The van der Waals surface area contributed by atoms with E-state index in [9.17, 15) is 4.79 Å². The van der Waals surface area contributed by atoms with Gasteiger partial charge in [0.1, 0.15) is 0 Å². The van der Waals surface area contributed by atoms with Crippen molar-refractivity contribution in [2.75, 3.05) is 5.73 Å². The third kappa shape index (κ3) is 3.07. The fraction of sp³-hybridized carbons (Fsp3) is 0.235. The highest BCUT2D eigenvalue weighted by molar-refractivity contribution is 8.00. The summed E-state index contributed by atoms with van der Waals surface area (Å²) in [5.74, 6) is 0.304. The molecule has 0 radical (unpaired) electrons. The molecule has 7 heteroatoms. The van der Waals surface area contributed by atoms with Crippen LogP contribution in [0.25, 0.3) is 5.69 Å². The lowest BCUT2D eigenvalue weighted by atomic mass is 10.1. The van der Waals surface area contributed by atoms with Gasteiger partial charge in [0.15, 0.2) is 5.78 Å². The second-order valence-electron chi connectivity index (χ2n) is 5.58. The molecule has 24 heavy (non-hydrogen) atoms. The molecular formula is C17H19N5OS. The Kier molecular flexibility index (Phi) is 4.44. The maximum Gasteiger partial charge on any atom is 0.216 e. The monoisotopic (exact) mass is 341 g/mol. The number of hydrogen-bond donors (Lipinski definition) is 2. The number of nitrogen functional groups attached to an aromatic ring is 1. The molecule has 0 saturated carbocycles. The van der Waals surface area contributed by atoms with E-state index in [2.05, 4.69) is 19.7 Å². The Balaban J connectivity index is 1.88. The second-order valence-corrected chi connectivity index (χ2v) is 6.89. The average molecular weight is 341 g/mol. The highest BCUT2D eigenvalue weighted by Gasteiger charge is 2.23. The number of benzene rings is 1. The van der Waals surface area contributed by atoms with Crippen LogP contribution >= 0.6 is 11.8 Å². The fourth-order valence-corrected chi connectivity index (χ4v) is 3.53. The van der Waals surface area contributed by atoms with E-state index in [1.54, 1.807) is 0 Å². The molecule has 3 rings (SSSR count). The van der Waals surface area contributed by atoms with Crippen molar-refractivity contribution in [2.24, 2.45) is 0 Å². The van der Waals surface area contributed by atoms with Gasteiger partial charge in [-0.2, -0.15) is 4.98 Å². The molecule has 3 N–H and O–H groups in total. The zero-order valence-corrected chi connectivity index (χ0v) is 14.6. The quantitative estimate of drug-likeness (QED) is 0.549. The number of nitrogens with two attached hydrogens (primary N) is 1. The summed E-state index contributed by atoms with van der Waals surface area (Å²) in [4.78, 5) is 16.9. The number of anilines is 1. The summed E-state index contributed by atoms with van der Waals surface area (Å²) < 4.78 is 2.09. The van der Waals surface area contributed by atoms with Crippen LogP contribution in [-0.2, 0) is 0 Å². The molecule has 0 fully saturated rings. The van der Waals surface area contributed by atoms with Crippen LogP contribution < -0.4 is 5.73 Å². The van der Waals surface area contributed by atoms with Crippen molar-refractivity contribution in [3.05, 3.63) is 53.3 Å². The van der Waals surface area contributed by atoms with Gasteiger partial charge >= 0.3 is 0 Å². The first-order valence-electron chi connectivity index (χ1n) is 7.60. The standard InChI is InChI=1S/C17H19N5OS/c1-10-9-14(11(2)22(10)13-7-5-4-6-8-13)15(23)12(3)24-17-19-16(18)20-21-17/h4-9,12H,1-3H3,(H3,18,19,20,21)/t12-/m1/s1. The number of para-hydroxylation sites is 1. The van der Waals surface area contributed by atoms with Crippen LogP contribution in [0.4, 0.5) is 5.95 Å². The number of H-pyrrole nitrogens is 1. The van der Waals surface area contributed by atoms with Crippen LogP contribution in [0.5, 0.6) is 0 Å². The molecular weight excluding hydrogens is 322 g/mol. The zero-order chi connectivity index (χ0) is 17.3. The number of carbonyl (C=O) groups is 1. The van der Waals surface area contributed by atoms with Crippen molar-refractivity contribution < 1.29 is 4.79 Å². The number of thioether (sulfide) groups is 1. The number of hydrogen-bond acceptors (Lipinski definition) is 5. The van der Waals surface area contributed by atoms with Gasteiger partial charge in [-0.1, -0.05) is 30.0 Å². The molecule has 124 valence electrons. The van der Waals surface area contributed by atoms with Crippen molar-refractivity contribution in [2.45, 2.75) is 31.2 Å². The predicted octanol–water partition coefficient (Wildman–Crippen LogP) is 3.16. The molecule has 0 aliphatic heterocycles. The molecule has 2 heterocycles. The molecule has 0 aliphatic rings. The number of carbonyl (C=O) groups excluding carboxylic acids is 1. The average Bonchev–Trinajstić information content (AvgIpc) is 3.10. The minimum atomic E-state index is -0.301. The molecule has 0 unspecified atom stereocenters. The van der Waals surface area contributed by atoms with E-state index < -0.39 is 0 Å². The molecule has 0 aliphatic carbocycles. The summed E-state index contributed by atoms with van der Waals surface area (Å²) in [6, 6.07) is 12.0. The maximum absolute atomic E-state index is 12.8. The summed E-state index contributed by atoms with van der Waals surface area (Å²) in [5, 5.41) is 6.72. The molecule has 1 atom stereocenters. The normalized spacial score (nSPS) is 12.3. The Bertz CT molecular complexity index is 868. The van der Waals surface area contributed by atoms with Gasteiger partial charge in [-0.15, -0.1) is 5.10 Å². The van der Waals surface area contributed by atoms with Gasteiger partial charge in [-0.05, 0) is 39.0 Å². The lowest BCUT2D eigenvalue weighted by molar-refractivity contribution is 0.0993. The SMILES string of the molecule is Cc1cc(C(=O)[C@@H](C)Sc2n[nH]c(N)n2)c(C)n1-c1ccccc1. The van der Waals surface area contributed by atoms with Gasteiger partial charge in [0, 0.05) is 22.6 Å². The van der Waals surface area contributed by atoms with E-state index in [0.29, 0.717) is 5.16 Å².